The predicted octanol–water partition coefficient (Wildman–Crippen LogP) is 2.58. The largest absolute Gasteiger partial charge is 0.494 e. The van der Waals surface area contributed by atoms with Crippen LogP contribution in [0.3, 0.4) is 0 Å². The minimum absolute atomic E-state index is 0.0224. The molecular formula is C21H27NO4S. The monoisotopic (exact) mass is 389 g/mol. The highest BCUT2D eigenvalue weighted by Crippen LogP contribution is 2.45. The Balaban J connectivity index is 1.76. The number of aliphatic hydroxyl groups is 3. The standard InChI is InChI=1S/C21H27NO4S/c1-3-26-17-6-4-14(5-7-17)8-15-9-16(11-22-10-15)21-20(25)19(24)13(2)18(12-23)27-21/h4-7,9-11,13,18-21,23-25H,3,8,12H2,1-2H3/t13-,18-,19+,20-,21+/m1/s1. The molecule has 146 valence electrons. The summed E-state index contributed by atoms with van der Waals surface area (Å²) in [6, 6.07) is 10.0. The Morgan fingerprint density at radius 1 is 1.07 bits per heavy atom. The molecule has 1 aliphatic rings. The number of aromatic nitrogens is 1. The molecule has 0 aliphatic carbocycles. The predicted molar refractivity (Wildman–Crippen MR) is 107 cm³/mol. The second-order valence-corrected chi connectivity index (χ2v) is 8.38. The van der Waals surface area contributed by atoms with Crippen molar-refractivity contribution in [3.05, 3.63) is 59.4 Å². The lowest BCUT2D eigenvalue weighted by atomic mass is 9.91. The van der Waals surface area contributed by atoms with E-state index in [-0.39, 0.29) is 23.0 Å². The molecule has 5 nitrogen and oxygen atoms in total. The summed E-state index contributed by atoms with van der Waals surface area (Å²) in [5.74, 6) is 0.694. The molecule has 6 heteroatoms. The molecule has 2 aromatic rings. The van der Waals surface area contributed by atoms with Crippen LogP contribution < -0.4 is 4.74 Å². The fourth-order valence-electron chi connectivity index (χ4n) is 3.45. The zero-order valence-corrected chi connectivity index (χ0v) is 16.5. The topological polar surface area (TPSA) is 82.8 Å². The smallest absolute Gasteiger partial charge is 0.119 e. The Kier molecular flexibility index (Phi) is 6.76. The van der Waals surface area contributed by atoms with Crippen LogP contribution in [0.1, 0.15) is 35.8 Å². The fraction of sp³-hybridized carbons (Fsp3) is 0.476. The second-order valence-electron chi connectivity index (χ2n) is 7.00. The summed E-state index contributed by atoms with van der Waals surface area (Å²) in [5.41, 5.74) is 3.06. The molecule has 0 radical (unpaired) electrons. The van der Waals surface area contributed by atoms with E-state index in [0.29, 0.717) is 6.61 Å². The van der Waals surface area contributed by atoms with Gasteiger partial charge in [0.15, 0.2) is 0 Å². The van der Waals surface area contributed by atoms with Gasteiger partial charge in [0.05, 0.1) is 30.7 Å². The van der Waals surface area contributed by atoms with E-state index in [2.05, 4.69) is 4.98 Å². The summed E-state index contributed by atoms with van der Waals surface area (Å²) in [5, 5.41) is 30.1. The van der Waals surface area contributed by atoms with E-state index in [1.807, 2.05) is 50.4 Å². The number of benzene rings is 1. The summed E-state index contributed by atoms with van der Waals surface area (Å²) in [7, 11) is 0. The van der Waals surface area contributed by atoms with Crippen molar-refractivity contribution in [2.75, 3.05) is 13.2 Å². The van der Waals surface area contributed by atoms with Gasteiger partial charge in [-0.05, 0) is 48.1 Å². The molecule has 27 heavy (non-hydrogen) atoms. The van der Waals surface area contributed by atoms with Crippen molar-refractivity contribution in [1.29, 1.82) is 0 Å². The van der Waals surface area contributed by atoms with Gasteiger partial charge in [0.2, 0.25) is 0 Å². The van der Waals surface area contributed by atoms with Gasteiger partial charge in [0.1, 0.15) is 5.75 Å². The first-order chi connectivity index (χ1) is 13.0. The van der Waals surface area contributed by atoms with E-state index in [1.54, 1.807) is 6.20 Å². The molecule has 0 bridgehead atoms. The first-order valence-corrected chi connectivity index (χ1v) is 10.3. The summed E-state index contributed by atoms with van der Waals surface area (Å²) >= 11 is 1.51. The quantitative estimate of drug-likeness (QED) is 0.704. The first kappa shape index (κ1) is 20.1. The number of aliphatic hydroxyl groups excluding tert-OH is 3. The Labute approximate surface area is 164 Å². The molecule has 2 heterocycles. The maximum atomic E-state index is 10.5. The SMILES string of the molecule is CCOc1ccc(Cc2cncc([C@@H]3S[C@H](CO)[C@@H](C)[C@H](O)[C@H]3O)c2)cc1. The van der Waals surface area contributed by atoms with Crippen molar-refractivity contribution < 1.29 is 20.1 Å². The lowest BCUT2D eigenvalue weighted by Gasteiger charge is -2.40. The average molecular weight is 390 g/mol. The van der Waals surface area contributed by atoms with Crippen LogP contribution in [0.2, 0.25) is 0 Å². The van der Waals surface area contributed by atoms with Gasteiger partial charge in [-0.25, -0.2) is 0 Å². The maximum absolute atomic E-state index is 10.5. The third-order valence-corrected chi connectivity index (χ3v) is 6.85. The minimum atomic E-state index is -0.879. The summed E-state index contributed by atoms with van der Waals surface area (Å²) in [6.45, 7) is 4.44. The number of nitrogens with zero attached hydrogens (tertiary/aromatic N) is 1. The van der Waals surface area contributed by atoms with Crippen molar-refractivity contribution >= 4 is 11.8 Å². The van der Waals surface area contributed by atoms with Crippen molar-refractivity contribution in [2.24, 2.45) is 5.92 Å². The van der Waals surface area contributed by atoms with Crippen LogP contribution in [-0.4, -0.2) is 51.0 Å². The van der Waals surface area contributed by atoms with Crippen molar-refractivity contribution in [3.8, 4) is 5.75 Å². The van der Waals surface area contributed by atoms with Crippen LogP contribution in [-0.2, 0) is 6.42 Å². The molecule has 1 saturated heterocycles. The van der Waals surface area contributed by atoms with E-state index in [4.69, 9.17) is 4.74 Å². The highest BCUT2D eigenvalue weighted by atomic mass is 32.2. The number of hydrogen-bond acceptors (Lipinski definition) is 6. The van der Waals surface area contributed by atoms with Crippen LogP contribution in [0.4, 0.5) is 0 Å². The van der Waals surface area contributed by atoms with Gasteiger partial charge in [-0.3, -0.25) is 4.98 Å². The van der Waals surface area contributed by atoms with Crippen LogP contribution in [0.5, 0.6) is 5.75 Å². The van der Waals surface area contributed by atoms with Gasteiger partial charge >= 0.3 is 0 Å². The molecule has 0 unspecified atom stereocenters. The molecule has 0 saturated carbocycles. The van der Waals surface area contributed by atoms with Crippen LogP contribution in [0, 0.1) is 5.92 Å². The molecule has 3 rings (SSSR count). The van der Waals surface area contributed by atoms with Gasteiger partial charge in [-0.2, -0.15) is 0 Å². The molecule has 1 aromatic carbocycles. The van der Waals surface area contributed by atoms with Crippen molar-refractivity contribution in [3.63, 3.8) is 0 Å². The molecule has 0 spiro atoms. The molecule has 0 amide bonds. The van der Waals surface area contributed by atoms with Crippen LogP contribution in [0.25, 0.3) is 0 Å². The van der Waals surface area contributed by atoms with E-state index >= 15 is 0 Å². The minimum Gasteiger partial charge on any atom is -0.494 e. The molecule has 5 atom stereocenters. The summed E-state index contributed by atoms with van der Waals surface area (Å²) in [6.07, 6.45) is 2.55. The number of rotatable bonds is 6. The summed E-state index contributed by atoms with van der Waals surface area (Å²) < 4.78 is 5.47. The van der Waals surface area contributed by atoms with E-state index in [1.165, 1.54) is 11.8 Å². The Bertz CT molecular complexity index is 737. The Morgan fingerprint density at radius 2 is 1.81 bits per heavy atom. The lowest BCUT2D eigenvalue weighted by Crippen LogP contribution is -2.46. The van der Waals surface area contributed by atoms with Gasteiger partial charge in [0.25, 0.3) is 0 Å². The maximum Gasteiger partial charge on any atom is 0.119 e. The zero-order valence-electron chi connectivity index (χ0n) is 15.7. The lowest BCUT2D eigenvalue weighted by molar-refractivity contribution is -0.0240. The number of thioether (sulfide) groups is 1. The van der Waals surface area contributed by atoms with Crippen LogP contribution in [0.15, 0.2) is 42.7 Å². The van der Waals surface area contributed by atoms with Gasteiger partial charge in [0, 0.05) is 17.6 Å². The van der Waals surface area contributed by atoms with Gasteiger partial charge < -0.3 is 20.1 Å². The molecule has 3 N–H and O–H groups in total. The van der Waals surface area contributed by atoms with Gasteiger partial charge in [-0.15, -0.1) is 11.8 Å². The summed E-state index contributed by atoms with van der Waals surface area (Å²) in [4.78, 5) is 4.34. The normalized spacial score (nSPS) is 28.1. The van der Waals surface area contributed by atoms with E-state index < -0.39 is 12.2 Å². The molecular weight excluding hydrogens is 362 g/mol. The molecule has 1 aromatic heterocycles. The second kappa shape index (κ2) is 9.06. The number of ether oxygens (including phenoxy) is 1. The van der Waals surface area contributed by atoms with E-state index in [9.17, 15) is 15.3 Å². The number of hydrogen-bond donors (Lipinski definition) is 3. The highest BCUT2D eigenvalue weighted by Gasteiger charge is 2.42. The number of pyridine rings is 1. The molecule has 1 aliphatic heterocycles. The fourth-order valence-corrected chi connectivity index (χ4v) is 4.93. The molecule has 1 fully saturated rings. The van der Waals surface area contributed by atoms with Gasteiger partial charge in [-0.1, -0.05) is 25.1 Å². The average Bonchev–Trinajstić information content (AvgIpc) is 2.68. The van der Waals surface area contributed by atoms with Crippen LogP contribution >= 0.6 is 11.8 Å². The highest BCUT2D eigenvalue weighted by molar-refractivity contribution is 8.00. The van der Waals surface area contributed by atoms with Crippen molar-refractivity contribution in [1.82, 2.24) is 4.98 Å². The first-order valence-electron chi connectivity index (χ1n) is 9.31. The Hall–Kier alpha value is -1.60. The zero-order chi connectivity index (χ0) is 19.4. The third kappa shape index (κ3) is 4.63. The van der Waals surface area contributed by atoms with E-state index in [0.717, 1.165) is 28.9 Å². The van der Waals surface area contributed by atoms with Crippen molar-refractivity contribution in [2.45, 2.75) is 43.0 Å². The third-order valence-electron chi connectivity index (χ3n) is 5.07. The Morgan fingerprint density at radius 3 is 2.48 bits per heavy atom.